The Kier molecular flexibility index (Phi) is 4.93. The third-order valence-electron chi connectivity index (χ3n) is 6.47. The Hall–Kier alpha value is -1.61. The predicted octanol–water partition coefficient (Wildman–Crippen LogP) is 3.88. The Bertz CT molecular complexity index is 660. The largest absolute Gasteiger partial charge is 0.341 e. The maximum Gasteiger partial charge on any atom is 0.227 e. The van der Waals surface area contributed by atoms with Crippen LogP contribution in [0.3, 0.4) is 0 Å². The fourth-order valence-electron chi connectivity index (χ4n) is 5.04. The molecule has 0 unspecified atom stereocenters. The molecule has 0 spiro atoms. The maximum absolute atomic E-state index is 13.0. The number of hydrogen-bond acceptors (Lipinski definition) is 2. The summed E-state index contributed by atoms with van der Waals surface area (Å²) < 4.78 is 0. The summed E-state index contributed by atoms with van der Waals surface area (Å²) in [7, 11) is 2.04. The van der Waals surface area contributed by atoms with Gasteiger partial charge < -0.3 is 4.90 Å². The van der Waals surface area contributed by atoms with Crippen molar-refractivity contribution in [2.45, 2.75) is 63.5 Å². The molecule has 1 aromatic rings. The Morgan fingerprint density at radius 3 is 2.72 bits per heavy atom. The van der Waals surface area contributed by atoms with Crippen LogP contribution in [0.4, 0.5) is 0 Å². The Balaban J connectivity index is 1.44. The smallest absolute Gasteiger partial charge is 0.227 e. The van der Waals surface area contributed by atoms with E-state index >= 15 is 0 Å². The van der Waals surface area contributed by atoms with E-state index in [0.717, 1.165) is 6.42 Å². The van der Waals surface area contributed by atoms with Gasteiger partial charge in [-0.3, -0.25) is 9.69 Å². The molecule has 0 aromatic heterocycles. The molecule has 2 aliphatic carbocycles. The highest BCUT2D eigenvalue weighted by Crippen LogP contribution is 2.32. The second-order valence-corrected chi connectivity index (χ2v) is 7.93. The quantitative estimate of drug-likeness (QED) is 0.832. The van der Waals surface area contributed by atoms with Gasteiger partial charge in [-0.25, -0.2) is 0 Å². The van der Waals surface area contributed by atoms with Crippen LogP contribution in [0.1, 0.15) is 56.1 Å². The second-order valence-electron chi connectivity index (χ2n) is 7.93. The molecule has 0 radical (unpaired) electrons. The highest BCUT2D eigenvalue weighted by atomic mass is 16.2. The average Bonchev–Trinajstić information content (AvgIpc) is 3.32. The van der Waals surface area contributed by atoms with Gasteiger partial charge >= 0.3 is 0 Å². The highest BCUT2D eigenvalue weighted by molar-refractivity contribution is 5.90. The van der Waals surface area contributed by atoms with Gasteiger partial charge in [-0.05, 0) is 61.9 Å². The van der Waals surface area contributed by atoms with Gasteiger partial charge in [0.25, 0.3) is 0 Å². The summed E-state index contributed by atoms with van der Waals surface area (Å²) >= 11 is 0. The molecular formula is C22H30N2O. The van der Waals surface area contributed by atoms with Crippen molar-refractivity contribution < 1.29 is 4.79 Å². The number of benzene rings is 1. The van der Waals surface area contributed by atoms with E-state index in [1.807, 2.05) is 7.05 Å². The number of likely N-dealkylation sites (N-methyl/N-ethyl adjacent to an activating group) is 1. The van der Waals surface area contributed by atoms with E-state index in [1.54, 1.807) is 0 Å². The number of nitrogens with zero attached hydrogens (tertiary/aromatic N) is 2. The van der Waals surface area contributed by atoms with Gasteiger partial charge in [0.15, 0.2) is 0 Å². The normalized spacial score (nSPS) is 26.4. The Labute approximate surface area is 151 Å². The molecule has 3 heteroatoms. The third-order valence-corrected chi connectivity index (χ3v) is 6.47. The lowest BCUT2D eigenvalue weighted by molar-refractivity contribution is -0.132. The van der Waals surface area contributed by atoms with E-state index in [0.29, 0.717) is 24.4 Å². The third kappa shape index (κ3) is 3.39. The molecule has 2 atom stereocenters. The molecule has 1 saturated heterocycles. The summed E-state index contributed by atoms with van der Waals surface area (Å²) in [6.45, 7) is 2.45. The van der Waals surface area contributed by atoms with Gasteiger partial charge in [0, 0.05) is 19.1 Å². The van der Waals surface area contributed by atoms with Crippen molar-refractivity contribution in [2.24, 2.45) is 0 Å². The van der Waals surface area contributed by atoms with Crippen LogP contribution in [0, 0.1) is 0 Å². The molecule has 1 aliphatic heterocycles. The molecule has 25 heavy (non-hydrogen) atoms. The summed E-state index contributed by atoms with van der Waals surface area (Å²) in [5.41, 5.74) is 3.87. The zero-order valence-corrected chi connectivity index (χ0v) is 15.4. The first kappa shape index (κ1) is 16.8. The van der Waals surface area contributed by atoms with Crippen molar-refractivity contribution in [2.75, 3.05) is 20.1 Å². The molecule has 1 saturated carbocycles. The van der Waals surface area contributed by atoms with Gasteiger partial charge in [0.1, 0.15) is 0 Å². The summed E-state index contributed by atoms with van der Waals surface area (Å²) in [6.07, 6.45) is 11.4. The first-order valence-electron chi connectivity index (χ1n) is 10.0. The zero-order chi connectivity index (χ0) is 17.2. The lowest BCUT2D eigenvalue weighted by Crippen LogP contribution is -2.53. The minimum atomic E-state index is 0.291. The molecule has 1 heterocycles. The summed E-state index contributed by atoms with van der Waals surface area (Å²) in [6, 6.07) is 9.49. The van der Waals surface area contributed by atoms with Crippen LogP contribution >= 0.6 is 0 Å². The van der Waals surface area contributed by atoms with Crippen molar-refractivity contribution in [1.82, 2.24) is 9.80 Å². The molecule has 4 rings (SSSR count). The molecule has 134 valence electrons. The van der Waals surface area contributed by atoms with Crippen LogP contribution in [-0.4, -0.2) is 47.9 Å². The number of amides is 1. The van der Waals surface area contributed by atoms with Gasteiger partial charge in [0.2, 0.25) is 5.91 Å². The van der Waals surface area contributed by atoms with Crippen molar-refractivity contribution in [1.29, 1.82) is 0 Å². The van der Waals surface area contributed by atoms with Gasteiger partial charge in [-0.1, -0.05) is 43.2 Å². The van der Waals surface area contributed by atoms with Crippen molar-refractivity contribution in [3.63, 3.8) is 0 Å². The lowest BCUT2D eigenvalue weighted by atomic mass is 9.88. The first-order valence-corrected chi connectivity index (χ1v) is 10.0. The van der Waals surface area contributed by atoms with Crippen molar-refractivity contribution in [3.8, 4) is 0 Å². The minimum Gasteiger partial charge on any atom is -0.341 e. The number of hydrogen-bond donors (Lipinski definition) is 0. The first-order chi connectivity index (χ1) is 12.2. The lowest BCUT2D eigenvalue weighted by Gasteiger charge is -2.42. The van der Waals surface area contributed by atoms with E-state index in [-0.39, 0.29) is 0 Å². The molecule has 1 aromatic carbocycles. The van der Waals surface area contributed by atoms with Crippen LogP contribution in [0.5, 0.6) is 0 Å². The number of carbonyl (C=O) groups is 1. The molecule has 0 bridgehead atoms. The molecule has 3 nitrogen and oxygen atoms in total. The number of allylic oxidation sites excluding steroid dienone is 1. The van der Waals surface area contributed by atoms with Crippen molar-refractivity contribution >= 4 is 11.5 Å². The summed E-state index contributed by atoms with van der Waals surface area (Å²) in [5.74, 6) is 0.291. The minimum absolute atomic E-state index is 0.291. The number of fused-ring (bicyclic) bond motifs is 1. The van der Waals surface area contributed by atoms with Crippen LogP contribution in [0.15, 0.2) is 30.3 Å². The predicted molar refractivity (Wildman–Crippen MR) is 102 cm³/mol. The van der Waals surface area contributed by atoms with Crippen LogP contribution in [0.25, 0.3) is 5.57 Å². The number of carbonyl (C=O) groups excluding carboxylic acids is 1. The standard InChI is InChI=1S/C22H30N2O/c1-23(20-10-4-5-11-21(20)24-14-6-7-15-24)22(25)16-18-13-12-17-8-2-3-9-19(17)18/h2-3,8-9,13,20-21H,4-7,10-12,14-16H2,1H3/t20-,21-/m1/s1. The monoisotopic (exact) mass is 338 g/mol. The van der Waals surface area contributed by atoms with Crippen LogP contribution < -0.4 is 0 Å². The Morgan fingerprint density at radius 2 is 1.88 bits per heavy atom. The SMILES string of the molecule is CN(C(=O)CC1=CCc2ccccc21)[C@@H]1CCCC[C@H]1N1CCCC1. The fraction of sp³-hybridized carbons (Fsp3) is 0.591. The molecule has 0 N–H and O–H groups in total. The van der Waals surface area contributed by atoms with E-state index in [4.69, 9.17) is 0 Å². The van der Waals surface area contributed by atoms with Gasteiger partial charge in [-0.2, -0.15) is 0 Å². The van der Waals surface area contributed by atoms with Crippen molar-refractivity contribution in [3.05, 3.63) is 41.5 Å². The zero-order valence-electron chi connectivity index (χ0n) is 15.4. The Morgan fingerprint density at radius 1 is 1.12 bits per heavy atom. The molecule has 1 amide bonds. The maximum atomic E-state index is 13.0. The fourth-order valence-corrected chi connectivity index (χ4v) is 5.04. The van der Waals surface area contributed by atoms with Gasteiger partial charge in [0.05, 0.1) is 6.42 Å². The number of likely N-dealkylation sites (tertiary alicyclic amines) is 1. The summed E-state index contributed by atoms with van der Waals surface area (Å²) in [4.78, 5) is 17.8. The van der Waals surface area contributed by atoms with Crippen LogP contribution in [0.2, 0.25) is 0 Å². The molecule has 3 aliphatic rings. The summed E-state index contributed by atoms with van der Waals surface area (Å²) in [5, 5.41) is 0. The van der Waals surface area contributed by atoms with E-state index < -0.39 is 0 Å². The van der Waals surface area contributed by atoms with Crippen LogP contribution in [-0.2, 0) is 11.2 Å². The topological polar surface area (TPSA) is 23.6 Å². The average molecular weight is 338 g/mol. The van der Waals surface area contributed by atoms with Gasteiger partial charge in [-0.15, -0.1) is 0 Å². The van der Waals surface area contributed by atoms with E-state index in [1.165, 1.54) is 68.3 Å². The highest BCUT2D eigenvalue weighted by Gasteiger charge is 2.35. The van der Waals surface area contributed by atoms with E-state index in [2.05, 4.69) is 40.1 Å². The molecule has 2 fully saturated rings. The van der Waals surface area contributed by atoms with E-state index in [9.17, 15) is 4.79 Å². The number of rotatable bonds is 4. The molecular weight excluding hydrogens is 308 g/mol. The second kappa shape index (κ2) is 7.33.